The Labute approximate surface area is 189 Å². The third-order valence-electron chi connectivity index (χ3n) is 4.31. The number of rotatable bonds is 10. The van der Waals surface area contributed by atoms with Crippen molar-refractivity contribution in [2.75, 3.05) is 5.32 Å². The van der Waals surface area contributed by atoms with E-state index in [9.17, 15) is 14.4 Å². The Hall–Kier alpha value is -3.31. The van der Waals surface area contributed by atoms with Gasteiger partial charge in [0.1, 0.15) is 6.42 Å². The van der Waals surface area contributed by atoms with Gasteiger partial charge in [-0.2, -0.15) is 10.4 Å². The number of nitriles is 1. The molecule has 2 amide bonds. The number of carbonyl (C=O) groups excluding carboxylic acids is 3. The van der Waals surface area contributed by atoms with Crippen LogP contribution in [0.5, 0.6) is 0 Å². The minimum Gasteiger partial charge on any atom is -0.326 e. The summed E-state index contributed by atoms with van der Waals surface area (Å²) in [5.41, 5.74) is 5.10. The van der Waals surface area contributed by atoms with Gasteiger partial charge in [0, 0.05) is 27.9 Å². The molecule has 0 aliphatic carbocycles. The highest BCUT2D eigenvalue weighted by atomic mass is 79.9. The largest absolute Gasteiger partial charge is 0.326 e. The summed E-state index contributed by atoms with van der Waals surface area (Å²) in [6, 6.07) is 16.2. The molecule has 160 valence electrons. The number of nitrogens with one attached hydrogen (secondary N) is 2. The van der Waals surface area contributed by atoms with Gasteiger partial charge in [0.15, 0.2) is 5.78 Å². The summed E-state index contributed by atoms with van der Waals surface area (Å²) in [6.45, 7) is 1.97. The summed E-state index contributed by atoms with van der Waals surface area (Å²) in [4.78, 5) is 36.3. The highest BCUT2D eigenvalue weighted by Gasteiger charge is 2.12. The zero-order valence-corrected chi connectivity index (χ0v) is 18.7. The zero-order chi connectivity index (χ0) is 22.6. The number of nitrogens with zero attached hydrogens (tertiary/aromatic N) is 2. The van der Waals surface area contributed by atoms with Crippen LogP contribution in [0.25, 0.3) is 0 Å². The number of anilines is 1. The lowest BCUT2D eigenvalue weighted by Gasteiger charge is -2.08. The first-order valence-corrected chi connectivity index (χ1v) is 10.5. The highest BCUT2D eigenvalue weighted by Crippen LogP contribution is 2.14. The van der Waals surface area contributed by atoms with E-state index in [1.165, 1.54) is 0 Å². The molecule has 2 aromatic carbocycles. The summed E-state index contributed by atoms with van der Waals surface area (Å²) in [6.07, 6.45) is 0.741. The van der Waals surface area contributed by atoms with Crippen molar-refractivity contribution in [1.82, 2.24) is 5.43 Å². The topological polar surface area (TPSA) is 111 Å². The number of benzene rings is 2. The molecule has 0 aromatic heterocycles. The van der Waals surface area contributed by atoms with E-state index in [4.69, 9.17) is 5.26 Å². The van der Waals surface area contributed by atoms with Gasteiger partial charge < -0.3 is 5.32 Å². The molecule has 7 nitrogen and oxygen atoms in total. The molecule has 2 aromatic rings. The van der Waals surface area contributed by atoms with Crippen LogP contribution < -0.4 is 10.7 Å². The summed E-state index contributed by atoms with van der Waals surface area (Å²) in [5, 5.41) is 15.4. The SMILES string of the molecule is Cc1ccc(NC(=O)CCC/C(CC(=O)c2ccc(Br)cc2)=N/NC(=O)CC#N)cc1. The number of hydrogen-bond donors (Lipinski definition) is 2. The molecule has 0 saturated heterocycles. The monoisotopic (exact) mass is 482 g/mol. The fraction of sp³-hybridized carbons (Fsp3) is 0.261. The Bertz CT molecular complexity index is 993. The van der Waals surface area contributed by atoms with Gasteiger partial charge in [-0.05, 0) is 44.0 Å². The van der Waals surface area contributed by atoms with Gasteiger partial charge in [0.2, 0.25) is 5.91 Å². The lowest BCUT2D eigenvalue weighted by molar-refractivity contribution is -0.120. The number of halogens is 1. The number of carbonyl (C=O) groups is 3. The molecule has 0 spiro atoms. The Morgan fingerprint density at radius 3 is 2.32 bits per heavy atom. The van der Waals surface area contributed by atoms with Crippen molar-refractivity contribution in [2.24, 2.45) is 5.10 Å². The Balaban J connectivity index is 1.95. The third-order valence-corrected chi connectivity index (χ3v) is 4.84. The minimum atomic E-state index is -0.548. The van der Waals surface area contributed by atoms with Crippen molar-refractivity contribution in [1.29, 1.82) is 5.26 Å². The highest BCUT2D eigenvalue weighted by molar-refractivity contribution is 9.10. The molecule has 0 fully saturated rings. The number of ketones is 1. The van der Waals surface area contributed by atoms with Gasteiger partial charge >= 0.3 is 0 Å². The summed E-state index contributed by atoms with van der Waals surface area (Å²) in [7, 11) is 0. The van der Waals surface area contributed by atoms with Crippen molar-refractivity contribution in [2.45, 2.75) is 39.0 Å². The second kappa shape index (κ2) is 12.4. The molecule has 0 heterocycles. The lowest BCUT2D eigenvalue weighted by atomic mass is 10.0. The maximum Gasteiger partial charge on any atom is 0.254 e. The molecule has 0 aliphatic rings. The normalized spacial score (nSPS) is 10.8. The van der Waals surface area contributed by atoms with Crippen LogP contribution in [-0.2, 0) is 9.59 Å². The van der Waals surface area contributed by atoms with Crippen molar-refractivity contribution in [3.05, 3.63) is 64.1 Å². The zero-order valence-electron chi connectivity index (χ0n) is 17.2. The summed E-state index contributed by atoms with van der Waals surface area (Å²) < 4.78 is 0.862. The molecule has 31 heavy (non-hydrogen) atoms. The van der Waals surface area contributed by atoms with Crippen LogP contribution >= 0.6 is 15.9 Å². The molecule has 2 rings (SSSR count). The number of aryl methyl sites for hydroxylation is 1. The molecular formula is C23H23BrN4O3. The van der Waals surface area contributed by atoms with E-state index >= 15 is 0 Å². The van der Waals surface area contributed by atoms with Gasteiger partial charge in [0.25, 0.3) is 5.91 Å². The molecule has 0 radical (unpaired) electrons. The molecule has 8 heteroatoms. The van der Waals surface area contributed by atoms with Gasteiger partial charge in [-0.3, -0.25) is 14.4 Å². The van der Waals surface area contributed by atoms with Crippen LogP contribution in [0.1, 0.15) is 48.0 Å². The number of hydrazone groups is 1. The lowest BCUT2D eigenvalue weighted by Crippen LogP contribution is -2.20. The molecule has 2 N–H and O–H groups in total. The van der Waals surface area contributed by atoms with Gasteiger partial charge in [-0.15, -0.1) is 0 Å². The van der Waals surface area contributed by atoms with Gasteiger partial charge in [0.05, 0.1) is 12.5 Å². The van der Waals surface area contributed by atoms with Crippen molar-refractivity contribution < 1.29 is 14.4 Å². The molecule has 0 saturated carbocycles. The van der Waals surface area contributed by atoms with E-state index in [2.05, 4.69) is 31.8 Å². The van der Waals surface area contributed by atoms with Crippen molar-refractivity contribution in [3.63, 3.8) is 0 Å². The number of hydrogen-bond acceptors (Lipinski definition) is 5. The first-order chi connectivity index (χ1) is 14.9. The van der Waals surface area contributed by atoms with Crippen LogP contribution in [0, 0.1) is 18.3 Å². The standard InChI is InChI=1S/C23H23BrN4O3/c1-16-5-11-19(12-6-16)26-22(30)4-2-3-20(27-28-23(31)13-14-25)15-21(29)17-7-9-18(24)10-8-17/h5-12H,2-4,13,15H2,1H3,(H,26,30)(H,28,31)/b27-20-. The van der Waals surface area contributed by atoms with Crippen LogP contribution in [0.2, 0.25) is 0 Å². The maximum absolute atomic E-state index is 12.6. The van der Waals surface area contributed by atoms with E-state index in [1.54, 1.807) is 30.3 Å². The van der Waals surface area contributed by atoms with E-state index in [-0.39, 0.29) is 31.0 Å². The Kier molecular flexibility index (Phi) is 9.59. The van der Waals surface area contributed by atoms with Gasteiger partial charge in [-0.25, -0.2) is 5.43 Å². The maximum atomic E-state index is 12.6. The summed E-state index contributed by atoms with van der Waals surface area (Å²) in [5.74, 6) is -0.839. The molecule has 0 bridgehead atoms. The first-order valence-electron chi connectivity index (χ1n) is 9.74. The average molecular weight is 483 g/mol. The van der Waals surface area contributed by atoms with Gasteiger partial charge in [-0.1, -0.05) is 45.8 Å². The van der Waals surface area contributed by atoms with E-state index in [1.807, 2.05) is 31.2 Å². The Morgan fingerprint density at radius 1 is 1.00 bits per heavy atom. The predicted molar refractivity (Wildman–Crippen MR) is 123 cm³/mol. The Morgan fingerprint density at radius 2 is 1.68 bits per heavy atom. The van der Waals surface area contributed by atoms with E-state index in [0.29, 0.717) is 24.1 Å². The van der Waals surface area contributed by atoms with Crippen LogP contribution in [0.15, 0.2) is 58.1 Å². The predicted octanol–water partition coefficient (Wildman–Crippen LogP) is 4.53. The second-order valence-corrected chi connectivity index (χ2v) is 7.84. The fourth-order valence-electron chi connectivity index (χ4n) is 2.67. The van der Waals surface area contributed by atoms with Crippen molar-refractivity contribution in [3.8, 4) is 6.07 Å². The van der Waals surface area contributed by atoms with Crippen LogP contribution in [-0.4, -0.2) is 23.3 Å². The average Bonchev–Trinajstić information content (AvgIpc) is 2.74. The second-order valence-electron chi connectivity index (χ2n) is 6.92. The van der Waals surface area contributed by atoms with E-state index < -0.39 is 5.91 Å². The third kappa shape index (κ3) is 8.93. The molecule has 0 atom stereocenters. The first kappa shape index (κ1) is 24.0. The van der Waals surface area contributed by atoms with Crippen molar-refractivity contribution >= 4 is 44.9 Å². The quantitative estimate of drug-likeness (QED) is 0.294. The van der Waals surface area contributed by atoms with Crippen LogP contribution in [0.4, 0.5) is 5.69 Å². The number of amides is 2. The number of Topliss-reactive ketones (excluding diaryl/α,β-unsaturated/α-hetero) is 1. The fourth-order valence-corrected chi connectivity index (χ4v) is 2.94. The minimum absolute atomic E-state index is 0.00798. The molecule has 0 unspecified atom stereocenters. The van der Waals surface area contributed by atoms with E-state index in [0.717, 1.165) is 15.7 Å². The summed E-state index contributed by atoms with van der Waals surface area (Å²) >= 11 is 3.33. The molecule has 0 aliphatic heterocycles. The smallest absolute Gasteiger partial charge is 0.254 e. The van der Waals surface area contributed by atoms with Crippen LogP contribution in [0.3, 0.4) is 0 Å². The molecular weight excluding hydrogens is 460 g/mol.